The van der Waals surface area contributed by atoms with Crippen LogP contribution < -0.4 is 5.73 Å². The number of halogens is 2. The minimum atomic E-state index is -0.175. The maximum absolute atomic E-state index is 6.55. The summed E-state index contributed by atoms with van der Waals surface area (Å²) < 4.78 is 0. The SMILES string of the molecule is NC1(c2ccc(Cl)c(Cl)c2)CC2(CCCCC2)C1. The first kappa shape index (κ1) is 12.8. The molecule has 2 N–H and O–H groups in total. The van der Waals surface area contributed by atoms with Crippen molar-refractivity contribution >= 4 is 23.2 Å². The first-order chi connectivity index (χ1) is 8.53. The Hall–Kier alpha value is -0.240. The van der Waals surface area contributed by atoms with Gasteiger partial charge >= 0.3 is 0 Å². The molecule has 3 rings (SSSR count). The molecule has 98 valence electrons. The van der Waals surface area contributed by atoms with E-state index in [9.17, 15) is 0 Å². The topological polar surface area (TPSA) is 26.0 Å². The fourth-order valence-corrected chi connectivity index (χ4v) is 4.25. The lowest BCUT2D eigenvalue weighted by atomic mass is 9.51. The van der Waals surface area contributed by atoms with Crippen LogP contribution in [-0.4, -0.2) is 0 Å². The van der Waals surface area contributed by atoms with E-state index in [4.69, 9.17) is 28.9 Å². The van der Waals surface area contributed by atoms with Crippen molar-refractivity contribution in [2.24, 2.45) is 11.1 Å². The molecule has 2 saturated carbocycles. The highest BCUT2D eigenvalue weighted by Crippen LogP contribution is 2.59. The summed E-state index contributed by atoms with van der Waals surface area (Å²) in [6.07, 6.45) is 9.07. The molecule has 3 heteroatoms. The van der Waals surface area contributed by atoms with Gasteiger partial charge in [0.2, 0.25) is 0 Å². The smallest absolute Gasteiger partial charge is 0.0595 e. The van der Waals surface area contributed by atoms with E-state index >= 15 is 0 Å². The number of rotatable bonds is 1. The maximum Gasteiger partial charge on any atom is 0.0595 e. The van der Waals surface area contributed by atoms with Gasteiger partial charge in [0.05, 0.1) is 10.0 Å². The molecule has 18 heavy (non-hydrogen) atoms. The molecule has 2 aliphatic carbocycles. The number of nitrogens with two attached hydrogens (primary N) is 1. The predicted octanol–water partition coefficient (Wildman–Crippen LogP) is 4.89. The molecule has 0 bridgehead atoms. The second-order valence-corrected chi connectivity index (χ2v) is 7.01. The van der Waals surface area contributed by atoms with Crippen molar-refractivity contribution in [2.75, 3.05) is 0 Å². The van der Waals surface area contributed by atoms with Gasteiger partial charge in [-0.15, -0.1) is 0 Å². The summed E-state index contributed by atoms with van der Waals surface area (Å²) in [5, 5.41) is 1.22. The van der Waals surface area contributed by atoms with E-state index < -0.39 is 0 Å². The summed E-state index contributed by atoms with van der Waals surface area (Å²) in [4.78, 5) is 0. The van der Waals surface area contributed by atoms with Crippen LogP contribution in [0, 0.1) is 5.41 Å². The van der Waals surface area contributed by atoms with Crippen LogP contribution in [0.2, 0.25) is 10.0 Å². The Morgan fingerprint density at radius 1 is 0.944 bits per heavy atom. The van der Waals surface area contributed by atoms with Crippen molar-refractivity contribution in [3.8, 4) is 0 Å². The van der Waals surface area contributed by atoms with Crippen LogP contribution in [-0.2, 0) is 5.54 Å². The molecular formula is C15H19Cl2N. The zero-order chi connectivity index (χ0) is 12.8. The fourth-order valence-electron chi connectivity index (χ4n) is 3.95. The lowest BCUT2D eigenvalue weighted by Crippen LogP contribution is -2.56. The second-order valence-electron chi connectivity index (χ2n) is 6.20. The van der Waals surface area contributed by atoms with Crippen LogP contribution in [0.15, 0.2) is 18.2 Å². The Morgan fingerprint density at radius 3 is 2.22 bits per heavy atom. The lowest BCUT2D eigenvalue weighted by Gasteiger charge is -2.57. The van der Waals surface area contributed by atoms with Gasteiger partial charge in [0.15, 0.2) is 0 Å². The molecule has 2 aliphatic rings. The van der Waals surface area contributed by atoms with Crippen LogP contribution in [0.1, 0.15) is 50.5 Å². The van der Waals surface area contributed by atoms with Crippen LogP contribution in [0.5, 0.6) is 0 Å². The molecule has 0 radical (unpaired) electrons. The first-order valence-corrected chi connectivity index (χ1v) is 7.53. The average molecular weight is 284 g/mol. The Kier molecular flexibility index (Phi) is 3.12. The van der Waals surface area contributed by atoms with Crippen molar-refractivity contribution in [3.05, 3.63) is 33.8 Å². The van der Waals surface area contributed by atoms with Crippen molar-refractivity contribution < 1.29 is 0 Å². The van der Waals surface area contributed by atoms with Crippen molar-refractivity contribution in [1.29, 1.82) is 0 Å². The average Bonchev–Trinajstić information content (AvgIpc) is 2.32. The van der Waals surface area contributed by atoms with E-state index in [1.807, 2.05) is 18.2 Å². The highest BCUT2D eigenvalue weighted by Gasteiger charge is 2.52. The number of benzene rings is 1. The van der Waals surface area contributed by atoms with Crippen LogP contribution in [0.4, 0.5) is 0 Å². The van der Waals surface area contributed by atoms with E-state index in [-0.39, 0.29) is 5.54 Å². The summed E-state index contributed by atoms with van der Waals surface area (Å²) >= 11 is 12.1. The summed E-state index contributed by atoms with van der Waals surface area (Å²) in [5.41, 5.74) is 8.05. The first-order valence-electron chi connectivity index (χ1n) is 6.78. The molecule has 1 nitrogen and oxygen atoms in total. The monoisotopic (exact) mass is 283 g/mol. The summed E-state index contributed by atoms with van der Waals surface area (Å²) in [6.45, 7) is 0. The Labute approximate surface area is 119 Å². The van der Waals surface area contributed by atoms with E-state index in [0.717, 1.165) is 18.4 Å². The molecule has 2 fully saturated rings. The highest BCUT2D eigenvalue weighted by molar-refractivity contribution is 6.42. The minimum absolute atomic E-state index is 0.175. The van der Waals surface area contributed by atoms with Crippen LogP contribution in [0.3, 0.4) is 0 Å². The van der Waals surface area contributed by atoms with Gasteiger partial charge in [0.25, 0.3) is 0 Å². The maximum atomic E-state index is 6.55. The molecule has 0 unspecified atom stereocenters. The van der Waals surface area contributed by atoms with Gasteiger partial charge in [-0.1, -0.05) is 48.5 Å². The molecule has 0 atom stereocenters. The molecule has 1 aromatic carbocycles. The van der Waals surface area contributed by atoms with Gasteiger partial charge in [-0.2, -0.15) is 0 Å². The zero-order valence-electron chi connectivity index (χ0n) is 10.5. The highest BCUT2D eigenvalue weighted by atomic mass is 35.5. The van der Waals surface area contributed by atoms with E-state index in [1.165, 1.54) is 32.1 Å². The summed E-state index contributed by atoms with van der Waals surface area (Å²) in [5.74, 6) is 0. The number of hydrogen-bond acceptors (Lipinski definition) is 1. The fraction of sp³-hybridized carbons (Fsp3) is 0.600. The third kappa shape index (κ3) is 2.07. The van der Waals surface area contributed by atoms with Gasteiger partial charge in [-0.25, -0.2) is 0 Å². The zero-order valence-corrected chi connectivity index (χ0v) is 12.0. The largest absolute Gasteiger partial charge is 0.321 e. The van der Waals surface area contributed by atoms with Gasteiger partial charge in [-0.05, 0) is 48.8 Å². The quantitative estimate of drug-likeness (QED) is 0.780. The second kappa shape index (κ2) is 4.40. The van der Waals surface area contributed by atoms with Crippen molar-refractivity contribution in [3.63, 3.8) is 0 Å². The predicted molar refractivity (Wildman–Crippen MR) is 77.1 cm³/mol. The molecule has 0 saturated heterocycles. The Bertz CT molecular complexity index is 456. The molecule has 0 amide bonds. The van der Waals surface area contributed by atoms with Gasteiger partial charge in [0.1, 0.15) is 0 Å². The van der Waals surface area contributed by atoms with E-state index in [1.54, 1.807) is 0 Å². The molecule has 0 heterocycles. The van der Waals surface area contributed by atoms with E-state index in [0.29, 0.717) is 15.5 Å². The Balaban J connectivity index is 1.79. The third-order valence-electron chi connectivity index (χ3n) is 4.79. The van der Waals surface area contributed by atoms with E-state index in [2.05, 4.69) is 0 Å². The number of hydrogen-bond donors (Lipinski definition) is 1. The van der Waals surface area contributed by atoms with Crippen molar-refractivity contribution in [2.45, 2.75) is 50.5 Å². The lowest BCUT2D eigenvalue weighted by molar-refractivity contribution is -0.00989. The molecular weight excluding hydrogens is 265 g/mol. The van der Waals surface area contributed by atoms with Gasteiger partial charge < -0.3 is 5.73 Å². The third-order valence-corrected chi connectivity index (χ3v) is 5.53. The standard InChI is InChI=1S/C15H19Cl2N/c16-12-5-4-11(8-13(12)17)15(18)9-14(10-15)6-2-1-3-7-14/h4-5,8H,1-3,6-7,9-10,18H2. The summed E-state index contributed by atoms with van der Waals surface area (Å²) in [6, 6.07) is 5.84. The summed E-state index contributed by atoms with van der Waals surface area (Å²) in [7, 11) is 0. The molecule has 1 aromatic rings. The normalized spacial score (nSPS) is 24.8. The van der Waals surface area contributed by atoms with Gasteiger partial charge in [-0.3, -0.25) is 0 Å². The molecule has 0 aromatic heterocycles. The molecule has 1 spiro atoms. The van der Waals surface area contributed by atoms with Crippen LogP contribution in [0.25, 0.3) is 0 Å². The Morgan fingerprint density at radius 2 is 1.61 bits per heavy atom. The van der Waals surface area contributed by atoms with Crippen molar-refractivity contribution in [1.82, 2.24) is 0 Å². The van der Waals surface area contributed by atoms with Gasteiger partial charge in [0, 0.05) is 5.54 Å². The van der Waals surface area contributed by atoms with Crippen LogP contribution >= 0.6 is 23.2 Å². The molecule has 0 aliphatic heterocycles. The minimum Gasteiger partial charge on any atom is -0.321 e.